The lowest BCUT2D eigenvalue weighted by Crippen LogP contribution is -1.77. The predicted molar refractivity (Wildman–Crippen MR) is 35.3 cm³/mol. The molecule has 0 aliphatic carbocycles. The normalized spacial score (nSPS) is 10.5. The van der Waals surface area contributed by atoms with E-state index in [2.05, 4.69) is 26.3 Å². The van der Waals surface area contributed by atoms with Crippen molar-refractivity contribution >= 4 is 11.2 Å². The monoisotopic (exact) mass is 133 g/mol. The van der Waals surface area contributed by atoms with Gasteiger partial charge in [-0.1, -0.05) is 0 Å². The van der Waals surface area contributed by atoms with Gasteiger partial charge in [0.2, 0.25) is 0 Å². The van der Waals surface area contributed by atoms with Gasteiger partial charge in [-0.25, -0.2) is 15.0 Å². The minimum absolute atomic E-state index is 0.674. The van der Waals surface area contributed by atoms with E-state index < -0.39 is 0 Å². The number of hydrogen-bond donors (Lipinski definition) is 1. The van der Waals surface area contributed by atoms with E-state index in [0.717, 1.165) is 11.3 Å². The van der Waals surface area contributed by atoms with Crippen molar-refractivity contribution in [3.05, 3.63) is 18.3 Å². The van der Waals surface area contributed by atoms with Crippen LogP contribution in [0, 0.1) is 13.3 Å². The molecule has 2 aromatic heterocycles. The van der Waals surface area contributed by atoms with E-state index in [0.29, 0.717) is 5.65 Å². The average molecular weight is 133 g/mol. The Morgan fingerprint density at radius 3 is 3.30 bits per heavy atom. The summed E-state index contributed by atoms with van der Waals surface area (Å²) < 4.78 is 0. The van der Waals surface area contributed by atoms with Crippen molar-refractivity contribution in [3.8, 4) is 0 Å². The molecule has 0 unspecified atom stereocenters. The Hall–Kier alpha value is -1.45. The zero-order chi connectivity index (χ0) is 6.97. The molecule has 0 atom stereocenters. The van der Waals surface area contributed by atoms with Gasteiger partial charge in [0, 0.05) is 0 Å². The molecule has 1 N–H and O–H groups in total. The molecule has 0 saturated heterocycles. The van der Waals surface area contributed by atoms with Crippen LogP contribution < -0.4 is 0 Å². The van der Waals surface area contributed by atoms with Crippen molar-refractivity contribution in [1.29, 1.82) is 0 Å². The minimum Gasteiger partial charge on any atom is -0.340 e. The number of fused-ring (bicyclic) bond motifs is 1. The van der Waals surface area contributed by atoms with E-state index >= 15 is 0 Å². The zero-order valence-electron chi connectivity index (χ0n) is 5.42. The number of aromatic nitrogens is 4. The van der Waals surface area contributed by atoms with Crippen LogP contribution in [0.5, 0.6) is 0 Å². The van der Waals surface area contributed by atoms with Crippen molar-refractivity contribution in [2.24, 2.45) is 0 Å². The molecule has 2 heterocycles. The van der Waals surface area contributed by atoms with Gasteiger partial charge in [-0.3, -0.25) is 0 Å². The van der Waals surface area contributed by atoms with Crippen molar-refractivity contribution in [3.63, 3.8) is 0 Å². The highest BCUT2D eigenvalue weighted by Gasteiger charge is 1.96. The van der Waals surface area contributed by atoms with Crippen LogP contribution in [0.2, 0.25) is 0 Å². The molecule has 2 aromatic rings. The molecular formula is C6H5N4. The molecule has 1 radical (unpaired) electrons. The molecule has 0 aliphatic heterocycles. The molecule has 0 fully saturated rings. The highest BCUT2D eigenvalue weighted by atomic mass is 15.0. The van der Waals surface area contributed by atoms with Crippen molar-refractivity contribution in [2.45, 2.75) is 6.92 Å². The molecule has 4 heteroatoms. The lowest BCUT2D eigenvalue weighted by atomic mass is 10.6. The number of hydrogen-bond acceptors (Lipinski definition) is 3. The van der Waals surface area contributed by atoms with E-state index in [1.807, 2.05) is 6.92 Å². The van der Waals surface area contributed by atoms with Crippen LogP contribution in [0.4, 0.5) is 0 Å². The summed E-state index contributed by atoms with van der Waals surface area (Å²) >= 11 is 0. The Bertz CT molecular complexity index is 318. The number of imidazole rings is 1. The Morgan fingerprint density at radius 2 is 2.50 bits per heavy atom. The van der Waals surface area contributed by atoms with Crippen molar-refractivity contribution in [2.75, 3.05) is 0 Å². The van der Waals surface area contributed by atoms with Gasteiger partial charge in [0.15, 0.2) is 12.0 Å². The molecule has 10 heavy (non-hydrogen) atoms. The molecule has 0 spiro atoms. The molecule has 0 saturated carbocycles. The number of rotatable bonds is 0. The molecular weight excluding hydrogens is 128 g/mol. The summed E-state index contributed by atoms with van der Waals surface area (Å²) in [4.78, 5) is 14.6. The molecule has 0 amide bonds. The van der Waals surface area contributed by atoms with Gasteiger partial charge in [0.1, 0.15) is 11.3 Å². The van der Waals surface area contributed by atoms with Gasteiger partial charge in [-0.05, 0) is 6.92 Å². The van der Waals surface area contributed by atoms with Crippen molar-refractivity contribution in [1.82, 2.24) is 19.9 Å². The van der Waals surface area contributed by atoms with Crippen LogP contribution in [0.25, 0.3) is 11.2 Å². The highest BCUT2D eigenvalue weighted by Crippen LogP contribution is 2.03. The van der Waals surface area contributed by atoms with Gasteiger partial charge in [0.25, 0.3) is 0 Å². The second-order valence-electron chi connectivity index (χ2n) is 2.03. The van der Waals surface area contributed by atoms with Crippen molar-refractivity contribution < 1.29 is 0 Å². The number of nitrogens with zero attached hydrogens (tertiary/aromatic N) is 3. The fourth-order valence-electron chi connectivity index (χ4n) is 0.843. The largest absolute Gasteiger partial charge is 0.340 e. The van der Waals surface area contributed by atoms with Crippen LogP contribution >= 0.6 is 0 Å². The molecule has 49 valence electrons. The summed E-state index contributed by atoms with van der Waals surface area (Å²) in [7, 11) is 0. The third-order valence-electron chi connectivity index (χ3n) is 1.24. The van der Waals surface area contributed by atoms with Crippen LogP contribution in [0.1, 0.15) is 5.82 Å². The van der Waals surface area contributed by atoms with Gasteiger partial charge < -0.3 is 4.98 Å². The van der Waals surface area contributed by atoms with Crippen LogP contribution in [0.15, 0.2) is 6.20 Å². The minimum atomic E-state index is 0.674. The molecule has 4 nitrogen and oxygen atoms in total. The summed E-state index contributed by atoms with van der Waals surface area (Å²) in [6.07, 6.45) is 4.12. The first-order chi connectivity index (χ1) is 4.86. The predicted octanol–water partition coefficient (Wildman–Crippen LogP) is 0.462. The van der Waals surface area contributed by atoms with Crippen LogP contribution in [0.3, 0.4) is 0 Å². The van der Waals surface area contributed by atoms with E-state index in [4.69, 9.17) is 0 Å². The summed E-state index contributed by atoms with van der Waals surface area (Å²) in [6, 6.07) is 0. The van der Waals surface area contributed by atoms with Crippen LogP contribution in [-0.2, 0) is 0 Å². The summed E-state index contributed by atoms with van der Waals surface area (Å²) in [5.41, 5.74) is 1.53. The van der Waals surface area contributed by atoms with Gasteiger partial charge in [-0.2, -0.15) is 0 Å². The maximum absolute atomic E-state index is 4.08. The standard InChI is InChI=1S/C6H5N4/c1-4-9-5-2-7-3-8-6(5)10-4/h2H,1H3,(H,7,8,9,10). The van der Waals surface area contributed by atoms with Gasteiger partial charge in [0.05, 0.1) is 6.20 Å². The van der Waals surface area contributed by atoms with E-state index in [1.54, 1.807) is 6.20 Å². The Balaban J connectivity index is 2.88. The first-order valence-corrected chi connectivity index (χ1v) is 2.91. The fraction of sp³-hybridized carbons (Fsp3) is 0.167. The first kappa shape index (κ1) is 5.34. The second-order valence-corrected chi connectivity index (χ2v) is 2.03. The maximum atomic E-state index is 4.08. The van der Waals surface area contributed by atoms with E-state index in [9.17, 15) is 0 Å². The van der Waals surface area contributed by atoms with Crippen LogP contribution in [-0.4, -0.2) is 19.9 Å². The lowest BCUT2D eigenvalue weighted by molar-refractivity contribution is 1.15. The number of H-pyrrole nitrogens is 1. The summed E-state index contributed by atoms with van der Waals surface area (Å²) in [5.74, 6) is 0.851. The average Bonchev–Trinajstić information content (AvgIpc) is 2.27. The highest BCUT2D eigenvalue weighted by molar-refractivity contribution is 5.68. The Labute approximate surface area is 57.3 Å². The van der Waals surface area contributed by atoms with E-state index in [1.165, 1.54) is 0 Å². The SMILES string of the molecule is Cc1nc2n[c]ncc2[nH]1. The third kappa shape index (κ3) is 0.655. The molecule has 0 aromatic carbocycles. The summed E-state index contributed by atoms with van der Waals surface area (Å²) in [6.45, 7) is 1.88. The van der Waals surface area contributed by atoms with E-state index in [-0.39, 0.29) is 0 Å². The van der Waals surface area contributed by atoms with Gasteiger partial charge in [-0.15, -0.1) is 0 Å². The first-order valence-electron chi connectivity index (χ1n) is 2.91. The molecule has 0 bridgehead atoms. The Kier molecular flexibility index (Phi) is 0.943. The maximum Gasteiger partial charge on any atom is 0.199 e. The fourth-order valence-corrected chi connectivity index (χ4v) is 0.843. The van der Waals surface area contributed by atoms with Gasteiger partial charge >= 0.3 is 0 Å². The molecule has 0 aliphatic rings. The zero-order valence-corrected chi connectivity index (χ0v) is 5.42. The number of nitrogens with one attached hydrogen (secondary N) is 1. The topological polar surface area (TPSA) is 54.5 Å². The summed E-state index contributed by atoms with van der Waals surface area (Å²) in [5, 5.41) is 0. The smallest absolute Gasteiger partial charge is 0.199 e. The second kappa shape index (κ2) is 1.76. The molecule has 2 rings (SSSR count). The quantitative estimate of drug-likeness (QED) is 0.568. The number of aryl methyl sites for hydroxylation is 1. The lowest BCUT2D eigenvalue weighted by Gasteiger charge is -1.79. The Morgan fingerprint density at radius 1 is 1.60 bits per heavy atom. The third-order valence-corrected chi connectivity index (χ3v) is 1.24. The number of aromatic amines is 1.